The van der Waals surface area contributed by atoms with Crippen LogP contribution in [0.15, 0.2) is 23.2 Å². The van der Waals surface area contributed by atoms with Gasteiger partial charge in [0.25, 0.3) is 0 Å². The van der Waals surface area contributed by atoms with E-state index in [-0.39, 0.29) is 29.9 Å². The molecule has 1 saturated carbocycles. The third-order valence-corrected chi connectivity index (χ3v) is 4.81. The van der Waals surface area contributed by atoms with E-state index in [2.05, 4.69) is 20.9 Å². The van der Waals surface area contributed by atoms with Gasteiger partial charge in [-0.1, -0.05) is 31.7 Å². The van der Waals surface area contributed by atoms with E-state index in [1.807, 2.05) is 18.2 Å². The van der Waals surface area contributed by atoms with Gasteiger partial charge in [-0.2, -0.15) is 0 Å². The predicted octanol–water partition coefficient (Wildman–Crippen LogP) is 3.68. The summed E-state index contributed by atoms with van der Waals surface area (Å²) in [5.74, 6) is 1.23. The molecule has 1 aromatic rings. The molecule has 164 valence electrons. The Kier molecular flexibility index (Phi) is 12.7. The average Bonchev–Trinajstić information content (AvgIpc) is 2.96. The largest absolute Gasteiger partial charge is 0.495 e. The fourth-order valence-electron chi connectivity index (χ4n) is 3.36. The smallest absolute Gasteiger partial charge is 0.221 e. The van der Waals surface area contributed by atoms with Crippen LogP contribution in [0.1, 0.15) is 51.0 Å². The highest BCUT2D eigenvalue weighted by atomic mass is 127. The van der Waals surface area contributed by atoms with Crippen LogP contribution in [-0.4, -0.2) is 45.3 Å². The Hall–Kier alpha value is -1.55. The molecule has 7 nitrogen and oxygen atoms in total. The molecule has 1 fully saturated rings. The number of anilines is 1. The van der Waals surface area contributed by atoms with Crippen molar-refractivity contribution >= 4 is 41.5 Å². The Morgan fingerprint density at radius 2 is 1.90 bits per heavy atom. The maximum atomic E-state index is 11.4. The Balaban J connectivity index is 0.00000420. The fourth-order valence-corrected chi connectivity index (χ4v) is 3.36. The lowest BCUT2D eigenvalue weighted by molar-refractivity contribution is -0.114. The first kappa shape index (κ1) is 25.5. The highest BCUT2D eigenvalue weighted by molar-refractivity contribution is 14.0. The molecule has 1 aliphatic rings. The Bertz CT molecular complexity index is 647. The number of carbonyl (C=O) groups is 1. The standard InChI is InChI=1S/C21H34N4O3.HI/c1-16(26)25-19-14-17(10-11-20(19)27-3)15-24-21(22-2)23-12-13-28-18-8-6-4-5-7-9-18;/h10-11,14,18H,4-9,12-13,15H2,1-3H3,(H,25,26)(H2,22,23,24);1H. The summed E-state index contributed by atoms with van der Waals surface area (Å²) >= 11 is 0. The SMILES string of the molecule is CN=C(NCCOC1CCCCCC1)NCc1ccc(OC)c(NC(C)=O)c1.I. The summed E-state index contributed by atoms with van der Waals surface area (Å²) in [6.07, 6.45) is 8.01. The van der Waals surface area contributed by atoms with Crippen molar-refractivity contribution in [3.05, 3.63) is 23.8 Å². The normalized spacial score (nSPS) is 15.1. The van der Waals surface area contributed by atoms with E-state index in [1.54, 1.807) is 14.2 Å². The number of halogens is 1. The molecule has 1 aromatic carbocycles. The second-order valence-electron chi connectivity index (χ2n) is 7.05. The summed E-state index contributed by atoms with van der Waals surface area (Å²) in [7, 11) is 3.33. The number of nitrogens with zero attached hydrogens (tertiary/aromatic N) is 1. The van der Waals surface area contributed by atoms with Crippen molar-refractivity contribution in [1.29, 1.82) is 0 Å². The predicted molar refractivity (Wildman–Crippen MR) is 128 cm³/mol. The monoisotopic (exact) mass is 518 g/mol. The minimum absolute atomic E-state index is 0. The number of rotatable bonds is 8. The zero-order chi connectivity index (χ0) is 20.2. The van der Waals surface area contributed by atoms with Crippen molar-refractivity contribution in [2.45, 2.75) is 58.1 Å². The molecule has 1 aliphatic carbocycles. The van der Waals surface area contributed by atoms with Gasteiger partial charge in [-0.25, -0.2) is 0 Å². The van der Waals surface area contributed by atoms with Gasteiger partial charge < -0.3 is 25.4 Å². The molecule has 0 saturated heterocycles. The van der Waals surface area contributed by atoms with Crippen LogP contribution >= 0.6 is 24.0 Å². The number of benzene rings is 1. The van der Waals surface area contributed by atoms with Gasteiger partial charge in [-0.15, -0.1) is 24.0 Å². The number of hydrogen-bond acceptors (Lipinski definition) is 4. The van der Waals surface area contributed by atoms with Gasteiger partial charge in [0.1, 0.15) is 5.75 Å². The van der Waals surface area contributed by atoms with Crippen molar-refractivity contribution in [3.8, 4) is 5.75 Å². The molecule has 0 bridgehead atoms. The molecule has 0 heterocycles. The molecule has 3 N–H and O–H groups in total. The van der Waals surface area contributed by atoms with Crippen LogP contribution in [0.4, 0.5) is 5.69 Å². The number of carbonyl (C=O) groups excluding carboxylic acids is 1. The van der Waals surface area contributed by atoms with Crippen LogP contribution < -0.4 is 20.7 Å². The first-order valence-corrected chi connectivity index (χ1v) is 10.1. The van der Waals surface area contributed by atoms with E-state index >= 15 is 0 Å². The molecular weight excluding hydrogens is 483 g/mol. The third-order valence-electron chi connectivity index (χ3n) is 4.81. The van der Waals surface area contributed by atoms with Gasteiger partial charge in [0.05, 0.1) is 25.5 Å². The van der Waals surface area contributed by atoms with Crippen LogP contribution in [0.3, 0.4) is 0 Å². The Morgan fingerprint density at radius 1 is 1.17 bits per heavy atom. The first-order valence-electron chi connectivity index (χ1n) is 10.1. The van der Waals surface area contributed by atoms with Gasteiger partial charge in [0.15, 0.2) is 5.96 Å². The van der Waals surface area contributed by atoms with E-state index in [4.69, 9.17) is 9.47 Å². The molecule has 8 heteroatoms. The zero-order valence-electron chi connectivity index (χ0n) is 17.8. The lowest BCUT2D eigenvalue weighted by Gasteiger charge is -2.17. The maximum Gasteiger partial charge on any atom is 0.221 e. The molecule has 0 unspecified atom stereocenters. The quantitative estimate of drug-likeness (QED) is 0.161. The van der Waals surface area contributed by atoms with Crippen molar-refractivity contribution in [2.75, 3.05) is 32.6 Å². The Labute approximate surface area is 191 Å². The van der Waals surface area contributed by atoms with Crippen LogP contribution in [0.5, 0.6) is 5.75 Å². The van der Waals surface area contributed by atoms with E-state index in [9.17, 15) is 4.79 Å². The van der Waals surface area contributed by atoms with Gasteiger partial charge in [-0.05, 0) is 30.5 Å². The molecule has 0 spiro atoms. The summed E-state index contributed by atoms with van der Waals surface area (Å²) < 4.78 is 11.3. The van der Waals surface area contributed by atoms with Crippen molar-refractivity contribution in [3.63, 3.8) is 0 Å². The zero-order valence-corrected chi connectivity index (χ0v) is 20.1. The second-order valence-corrected chi connectivity index (χ2v) is 7.05. The van der Waals surface area contributed by atoms with E-state index < -0.39 is 0 Å². The number of methoxy groups -OCH3 is 1. The fraction of sp³-hybridized carbons (Fsp3) is 0.619. The Morgan fingerprint density at radius 3 is 2.52 bits per heavy atom. The number of aliphatic imine (C=N–C) groups is 1. The van der Waals surface area contributed by atoms with Crippen molar-refractivity contribution in [2.24, 2.45) is 4.99 Å². The maximum absolute atomic E-state index is 11.4. The minimum atomic E-state index is -0.130. The average molecular weight is 518 g/mol. The summed E-state index contributed by atoms with van der Waals surface area (Å²) in [5, 5.41) is 9.36. The highest BCUT2D eigenvalue weighted by Crippen LogP contribution is 2.25. The molecule has 1 amide bonds. The summed E-state index contributed by atoms with van der Waals surface area (Å²) in [6.45, 7) is 3.46. The lowest BCUT2D eigenvalue weighted by atomic mass is 10.1. The summed E-state index contributed by atoms with van der Waals surface area (Å²) in [5.41, 5.74) is 1.68. The molecule has 0 aromatic heterocycles. The van der Waals surface area contributed by atoms with E-state index in [0.717, 1.165) is 18.1 Å². The van der Waals surface area contributed by atoms with Crippen LogP contribution in [0.25, 0.3) is 0 Å². The molecule has 2 rings (SSSR count). The van der Waals surface area contributed by atoms with Crippen LogP contribution in [-0.2, 0) is 16.1 Å². The second kappa shape index (κ2) is 14.4. The third kappa shape index (κ3) is 9.66. The van der Waals surface area contributed by atoms with E-state index in [0.29, 0.717) is 30.7 Å². The van der Waals surface area contributed by atoms with Crippen LogP contribution in [0, 0.1) is 0 Å². The van der Waals surface area contributed by atoms with Crippen LogP contribution in [0.2, 0.25) is 0 Å². The molecule has 0 aliphatic heterocycles. The topological polar surface area (TPSA) is 84.0 Å². The number of nitrogens with one attached hydrogen (secondary N) is 3. The molecule has 0 atom stereocenters. The minimum Gasteiger partial charge on any atom is -0.495 e. The van der Waals surface area contributed by atoms with E-state index in [1.165, 1.54) is 45.4 Å². The van der Waals surface area contributed by atoms with Crippen molar-refractivity contribution < 1.29 is 14.3 Å². The number of ether oxygens (including phenoxy) is 2. The number of guanidine groups is 1. The number of amides is 1. The summed E-state index contributed by atoms with van der Waals surface area (Å²) in [4.78, 5) is 15.6. The highest BCUT2D eigenvalue weighted by Gasteiger charge is 2.12. The molecule has 0 radical (unpaired) electrons. The van der Waals surface area contributed by atoms with Gasteiger partial charge in [-0.3, -0.25) is 9.79 Å². The van der Waals surface area contributed by atoms with Crippen molar-refractivity contribution in [1.82, 2.24) is 10.6 Å². The number of hydrogen-bond donors (Lipinski definition) is 3. The molecule has 29 heavy (non-hydrogen) atoms. The van der Waals surface area contributed by atoms with Gasteiger partial charge >= 0.3 is 0 Å². The lowest BCUT2D eigenvalue weighted by Crippen LogP contribution is -2.38. The first-order chi connectivity index (χ1) is 13.6. The summed E-state index contributed by atoms with van der Waals surface area (Å²) in [6, 6.07) is 5.70. The van der Waals surface area contributed by atoms with Gasteiger partial charge in [0.2, 0.25) is 5.91 Å². The van der Waals surface area contributed by atoms with Gasteiger partial charge in [0, 0.05) is 27.1 Å². The molecular formula is C21H35IN4O3.